The zero-order valence-corrected chi connectivity index (χ0v) is 16.0. The molecule has 0 aliphatic rings. The Morgan fingerprint density at radius 2 is 2.11 bits per heavy atom. The van der Waals surface area contributed by atoms with Crippen LogP contribution in [0, 0.1) is 18.6 Å². The summed E-state index contributed by atoms with van der Waals surface area (Å²) in [6.07, 6.45) is 1.51. The van der Waals surface area contributed by atoms with Gasteiger partial charge in [0.25, 0.3) is 5.91 Å². The average molecular weight is 403 g/mol. The molecule has 0 aliphatic heterocycles. The Kier molecular flexibility index (Phi) is 4.42. The summed E-state index contributed by atoms with van der Waals surface area (Å²) in [5, 5.41) is 5.03. The fourth-order valence-electron chi connectivity index (χ4n) is 2.78. The average Bonchev–Trinajstić information content (AvgIpc) is 3.20. The van der Waals surface area contributed by atoms with Gasteiger partial charge in [-0.05, 0) is 24.6 Å². The number of aryl methyl sites for hydroxylation is 1. The minimum atomic E-state index is -0.798. The van der Waals surface area contributed by atoms with E-state index in [0.29, 0.717) is 21.2 Å². The van der Waals surface area contributed by atoms with Gasteiger partial charge in [0.1, 0.15) is 23.6 Å². The lowest BCUT2D eigenvalue weighted by atomic mass is 10.2. The Morgan fingerprint density at radius 3 is 2.82 bits per heavy atom. The molecular formula is C18H15F2N5O2S. The van der Waals surface area contributed by atoms with E-state index in [9.17, 15) is 13.6 Å². The summed E-state index contributed by atoms with van der Waals surface area (Å²) in [4.78, 5) is 24.0. The highest BCUT2D eigenvalue weighted by Crippen LogP contribution is 2.32. The summed E-state index contributed by atoms with van der Waals surface area (Å²) in [6.45, 7) is 1.74. The normalized spacial score (nSPS) is 11.3. The van der Waals surface area contributed by atoms with Crippen LogP contribution in [0.25, 0.3) is 15.9 Å². The predicted octanol–water partition coefficient (Wildman–Crippen LogP) is 3.21. The molecule has 0 atom stereocenters. The van der Waals surface area contributed by atoms with Gasteiger partial charge in [-0.15, -0.1) is 16.4 Å². The molecular weight excluding hydrogens is 388 g/mol. The molecule has 0 radical (unpaired) electrons. The van der Waals surface area contributed by atoms with Crippen molar-refractivity contribution in [2.75, 3.05) is 14.1 Å². The Labute approximate surface area is 162 Å². The number of ether oxygens (including phenoxy) is 1. The third-order valence-electron chi connectivity index (χ3n) is 4.16. The van der Waals surface area contributed by atoms with Gasteiger partial charge in [0, 0.05) is 20.2 Å². The highest BCUT2D eigenvalue weighted by molar-refractivity contribution is 7.20. The highest BCUT2D eigenvalue weighted by Gasteiger charge is 2.21. The molecule has 0 fully saturated rings. The van der Waals surface area contributed by atoms with E-state index >= 15 is 0 Å². The van der Waals surface area contributed by atoms with Gasteiger partial charge in [-0.1, -0.05) is 0 Å². The number of halogens is 2. The van der Waals surface area contributed by atoms with E-state index in [1.807, 2.05) is 6.92 Å². The maximum absolute atomic E-state index is 13.7. The Balaban J connectivity index is 1.70. The first-order valence-corrected chi connectivity index (χ1v) is 9.09. The van der Waals surface area contributed by atoms with E-state index in [1.54, 1.807) is 14.1 Å². The number of rotatable bonds is 4. The van der Waals surface area contributed by atoms with Crippen LogP contribution in [0.1, 0.15) is 21.1 Å². The van der Waals surface area contributed by atoms with Crippen molar-refractivity contribution in [2.24, 2.45) is 0 Å². The van der Waals surface area contributed by atoms with E-state index < -0.39 is 11.6 Å². The molecule has 3 aromatic heterocycles. The van der Waals surface area contributed by atoms with Crippen molar-refractivity contribution in [3.63, 3.8) is 0 Å². The van der Waals surface area contributed by atoms with Gasteiger partial charge in [0.05, 0.1) is 10.3 Å². The maximum atomic E-state index is 13.7. The summed E-state index contributed by atoms with van der Waals surface area (Å²) < 4.78 is 33.6. The number of hydrogen-bond acceptors (Lipinski definition) is 6. The molecule has 1 aromatic carbocycles. The number of hydrogen-bond donors (Lipinski definition) is 0. The Hall–Kier alpha value is -3.14. The lowest BCUT2D eigenvalue weighted by molar-refractivity contribution is 0.0831. The first kappa shape index (κ1) is 18.2. The lowest BCUT2D eigenvalue weighted by Gasteiger charge is -2.08. The largest absolute Gasteiger partial charge is 0.482 e. The number of nitrogens with zero attached hydrogens (tertiary/aromatic N) is 5. The molecule has 10 heteroatoms. The van der Waals surface area contributed by atoms with Crippen molar-refractivity contribution in [1.29, 1.82) is 0 Å². The van der Waals surface area contributed by atoms with Crippen molar-refractivity contribution >= 4 is 33.1 Å². The van der Waals surface area contributed by atoms with Crippen LogP contribution in [-0.2, 0) is 6.61 Å². The lowest BCUT2D eigenvalue weighted by Crippen LogP contribution is -2.21. The number of thiophene rings is 1. The van der Waals surface area contributed by atoms with Gasteiger partial charge in [-0.3, -0.25) is 4.79 Å². The SMILES string of the molecule is Cc1c(C(=O)N(C)C)sc2ncn3nc(COc4ccc(F)cc4F)nc3c12. The highest BCUT2D eigenvalue weighted by atomic mass is 32.1. The monoisotopic (exact) mass is 403 g/mol. The van der Waals surface area contributed by atoms with Crippen LogP contribution in [0.15, 0.2) is 24.5 Å². The maximum Gasteiger partial charge on any atom is 0.263 e. The molecule has 3 heterocycles. The quantitative estimate of drug-likeness (QED) is 0.523. The van der Waals surface area contributed by atoms with Crippen LogP contribution >= 0.6 is 11.3 Å². The van der Waals surface area contributed by atoms with Crippen molar-refractivity contribution in [3.8, 4) is 5.75 Å². The molecule has 4 rings (SSSR count). The van der Waals surface area contributed by atoms with E-state index in [-0.39, 0.29) is 18.3 Å². The molecule has 0 aliphatic carbocycles. The van der Waals surface area contributed by atoms with Crippen LogP contribution in [0.5, 0.6) is 5.75 Å². The van der Waals surface area contributed by atoms with E-state index in [4.69, 9.17) is 4.74 Å². The topological polar surface area (TPSA) is 72.6 Å². The van der Waals surface area contributed by atoms with E-state index in [2.05, 4.69) is 15.1 Å². The summed E-state index contributed by atoms with van der Waals surface area (Å²) >= 11 is 1.30. The van der Waals surface area contributed by atoms with Gasteiger partial charge in [-0.2, -0.15) is 0 Å². The zero-order valence-electron chi connectivity index (χ0n) is 15.2. The van der Waals surface area contributed by atoms with Crippen LogP contribution in [0.4, 0.5) is 8.78 Å². The number of benzene rings is 1. The van der Waals surface area contributed by atoms with E-state index in [1.165, 1.54) is 33.1 Å². The molecule has 0 bridgehead atoms. The summed E-state index contributed by atoms with van der Waals surface area (Å²) in [7, 11) is 3.38. The second-order valence-electron chi connectivity index (χ2n) is 6.34. The molecule has 0 N–H and O–H groups in total. The summed E-state index contributed by atoms with van der Waals surface area (Å²) in [5.41, 5.74) is 1.32. The number of carbonyl (C=O) groups is 1. The fourth-order valence-corrected chi connectivity index (χ4v) is 3.95. The van der Waals surface area contributed by atoms with Crippen molar-refractivity contribution in [1.82, 2.24) is 24.5 Å². The smallest absolute Gasteiger partial charge is 0.263 e. The fraction of sp³-hybridized carbons (Fsp3) is 0.222. The Morgan fingerprint density at radius 1 is 1.32 bits per heavy atom. The van der Waals surface area contributed by atoms with Gasteiger partial charge in [0.2, 0.25) is 0 Å². The number of amides is 1. The van der Waals surface area contributed by atoms with Gasteiger partial charge in [0.15, 0.2) is 23.0 Å². The molecule has 7 nitrogen and oxygen atoms in total. The standard InChI is InChI=1S/C18H15F2N5O2S/c1-9-14-16-22-13(7-27-12-5-4-10(19)6-11(12)20)23-25(16)8-21-17(14)28-15(9)18(26)24(2)3/h4-6,8H,7H2,1-3H3. The molecule has 144 valence electrons. The second-order valence-corrected chi connectivity index (χ2v) is 7.34. The molecule has 0 saturated heterocycles. The van der Waals surface area contributed by atoms with Crippen molar-refractivity contribution in [2.45, 2.75) is 13.5 Å². The molecule has 28 heavy (non-hydrogen) atoms. The molecule has 4 aromatic rings. The third kappa shape index (κ3) is 3.05. The molecule has 0 spiro atoms. The molecule has 1 amide bonds. The second kappa shape index (κ2) is 6.79. The Bertz CT molecular complexity index is 1220. The van der Waals surface area contributed by atoms with Crippen LogP contribution in [0.2, 0.25) is 0 Å². The van der Waals surface area contributed by atoms with Gasteiger partial charge < -0.3 is 9.64 Å². The van der Waals surface area contributed by atoms with Gasteiger partial charge >= 0.3 is 0 Å². The number of carbonyl (C=O) groups excluding carboxylic acids is 1. The summed E-state index contributed by atoms with van der Waals surface area (Å²) in [6, 6.07) is 3.07. The van der Waals surface area contributed by atoms with Gasteiger partial charge in [-0.25, -0.2) is 23.3 Å². The van der Waals surface area contributed by atoms with E-state index in [0.717, 1.165) is 23.1 Å². The third-order valence-corrected chi connectivity index (χ3v) is 5.35. The van der Waals surface area contributed by atoms with Crippen LogP contribution in [0.3, 0.4) is 0 Å². The minimum Gasteiger partial charge on any atom is -0.482 e. The predicted molar refractivity (Wildman–Crippen MR) is 99.6 cm³/mol. The number of fused-ring (bicyclic) bond motifs is 3. The van der Waals surface area contributed by atoms with Crippen molar-refractivity contribution < 1.29 is 18.3 Å². The first-order chi connectivity index (χ1) is 13.3. The minimum absolute atomic E-state index is 0.0888. The van der Waals surface area contributed by atoms with Crippen LogP contribution in [-0.4, -0.2) is 44.5 Å². The zero-order chi connectivity index (χ0) is 20.0. The summed E-state index contributed by atoms with van der Waals surface area (Å²) in [5.74, 6) is -1.36. The number of aromatic nitrogens is 4. The molecule has 0 saturated carbocycles. The van der Waals surface area contributed by atoms with Crippen LogP contribution < -0.4 is 4.74 Å². The first-order valence-electron chi connectivity index (χ1n) is 8.28. The molecule has 0 unspecified atom stereocenters. The van der Waals surface area contributed by atoms with Crippen molar-refractivity contribution in [3.05, 3.63) is 52.4 Å².